The summed E-state index contributed by atoms with van der Waals surface area (Å²) in [5.74, 6) is 0.538. The van der Waals surface area contributed by atoms with Crippen molar-refractivity contribution in [2.75, 3.05) is 12.4 Å². The van der Waals surface area contributed by atoms with E-state index in [-0.39, 0.29) is 5.60 Å². The van der Waals surface area contributed by atoms with E-state index in [9.17, 15) is 0 Å². The summed E-state index contributed by atoms with van der Waals surface area (Å²) in [6, 6.07) is 8.93. The molecule has 0 fully saturated rings. The molecule has 18 heavy (non-hydrogen) atoms. The average molecular weight is 249 g/mol. The first kappa shape index (κ1) is 15.0. The van der Waals surface area contributed by atoms with Crippen LogP contribution >= 0.6 is 0 Å². The molecule has 1 N–H and O–H groups in total. The first-order valence-corrected chi connectivity index (χ1v) is 6.76. The van der Waals surface area contributed by atoms with Crippen molar-refractivity contribution in [2.45, 2.75) is 58.6 Å². The molecule has 0 aliphatic carbocycles. The zero-order valence-electron chi connectivity index (χ0n) is 12.6. The van der Waals surface area contributed by atoms with Crippen LogP contribution in [0.2, 0.25) is 0 Å². The van der Waals surface area contributed by atoms with Crippen LogP contribution in [-0.4, -0.2) is 18.8 Å². The van der Waals surface area contributed by atoms with Crippen molar-refractivity contribution in [1.82, 2.24) is 0 Å². The zero-order valence-corrected chi connectivity index (χ0v) is 12.6. The van der Waals surface area contributed by atoms with Crippen LogP contribution in [0.25, 0.3) is 0 Å². The number of para-hydroxylation sites is 1. The minimum Gasteiger partial charge on any atom is -0.382 e. The summed E-state index contributed by atoms with van der Waals surface area (Å²) in [5, 5.41) is 3.60. The number of methoxy groups -OCH3 is 1. The lowest BCUT2D eigenvalue weighted by Crippen LogP contribution is -2.31. The molecule has 0 amide bonds. The van der Waals surface area contributed by atoms with Crippen molar-refractivity contribution in [2.24, 2.45) is 0 Å². The third-order valence-electron chi connectivity index (χ3n) is 3.34. The molecule has 2 nitrogen and oxygen atoms in total. The summed E-state index contributed by atoms with van der Waals surface area (Å²) < 4.78 is 5.48. The molecule has 1 aromatic carbocycles. The minimum atomic E-state index is -0.0841. The Bertz CT molecular complexity index is 371. The first-order valence-electron chi connectivity index (χ1n) is 6.76. The lowest BCUT2D eigenvalue weighted by Gasteiger charge is -2.28. The fraction of sp³-hybridized carbons (Fsp3) is 0.625. The van der Waals surface area contributed by atoms with E-state index < -0.39 is 0 Å². The molecule has 0 aliphatic rings. The smallest absolute Gasteiger partial charge is 0.0642 e. The van der Waals surface area contributed by atoms with Crippen molar-refractivity contribution < 1.29 is 4.74 Å². The topological polar surface area (TPSA) is 21.3 Å². The Morgan fingerprint density at radius 1 is 1.17 bits per heavy atom. The summed E-state index contributed by atoms with van der Waals surface area (Å²) in [6.45, 7) is 10.9. The van der Waals surface area contributed by atoms with Crippen LogP contribution < -0.4 is 5.32 Å². The Labute approximate surface area is 112 Å². The molecule has 1 rings (SSSR count). The molecule has 102 valence electrons. The third kappa shape index (κ3) is 4.34. The van der Waals surface area contributed by atoms with Crippen LogP contribution in [0.15, 0.2) is 24.3 Å². The van der Waals surface area contributed by atoms with E-state index in [2.05, 4.69) is 64.2 Å². The van der Waals surface area contributed by atoms with Crippen LogP contribution in [0.5, 0.6) is 0 Å². The SMILES string of the molecule is COC(C)(C)CC(C)Nc1ccccc1C(C)C. The number of ether oxygens (including phenoxy) is 1. The molecule has 1 atom stereocenters. The highest BCUT2D eigenvalue weighted by atomic mass is 16.5. The van der Waals surface area contributed by atoms with Gasteiger partial charge in [-0.2, -0.15) is 0 Å². The normalized spacial score (nSPS) is 13.7. The van der Waals surface area contributed by atoms with E-state index in [1.165, 1.54) is 11.3 Å². The standard InChI is InChI=1S/C16H27NO/c1-12(2)14-9-7-8-10-15(14)17-13(3)11-16(4,5)18-6/h7-10,12-13,17H,11H2,1-6H3. The van der Waals surface area contributed by atoms with E-state index in [0.29, 0.717) is 12.0 Å². The summed E-state index contributed by atoms with van der Waals surface area (Å²) in [7, 11) is 1.77. The molecule has 0 saturated heterocycles. The molecule has 0 radical (unpaired) electrons. The van der Waals surface area contributed by atoms with Gasteiger partial charge in [-0.15, -0.1) is 0 Å². The van der Waals surface area contributed by atoms with Gasteiger partial charge in [0.2, 0.25) is 0 Å². The Morgan fingerprint density at radius 3 is 2.33 bits per heavy atom. The number of hydrogen-bond acceptors (Lipinski definition) is 2. The average Bonchev–Trinajstić information content (AvgIpc) is 2.28. The van der Waals surface area contributed by atoms with Gasteiger partial charge in [-0.3, -0.25) is 0 Å². The van der Waals surface area contributed by atoms with Crippen molar-refractivity contribution >= 4 is 5.69 Å². The lowest BCUT2D eigenvalue weighted by atomic mass is 9.97. The van der Waals surface area contributed by atoms with Gasteiger partial charge in [0.15, 0.2) is 0 Å². The Kier molecular flexibility index (Phi) is 5.21. The molecule has 1 aromatic rings. The third-order valence-corrected chi connectivity index (χ3v) is 3.34. The Morgan fingerprint density at radius 2 is 1.78 bits per heavy atom. The predicted octanol–water partition coefficient (Wildman–Crippen LogP) is 4.43. The van der Waals surface area contributed by atoms with E-state index in [4.69, 9.17) is 4.74 Å². The van der Waals surface area contributed by atoms with Crippen LogP contribution in [0.3, 0.4) is 0 Å². The fourth-order valence-electron chi connectivity index (χ4n) is 2.27. The number of anilines is 1. The van der Waals surface area contributed by atoms with Gasteiger partial charge in [0.1, 0.15) is 0 Å². The lowest BCUT2D eigenvalue weighted by molar-refractivity contribution is 0.0128. The maximum Gasteiger partial charge on any atom is 0.0642 e. The van der Waals surface area contributed by atoms with Crippen molar-refractivity contribution in [3.05, 3.63) is 29.8 Å². The van der Waals surface area contributed by atoms with Crippen molar-refractivity contribution in [3.63, 3.8) is 0 Å². The number of benzene rings is 1. The maximum absolute atomic E-state index is 5.48. The second-order valence-corrected chi connectivity index (χ2v) is 5.96. The van der Waals surface area contributed by atoms with Gasteiger partial charge in [0.25, 0.3) is 0 Å². The number of hydrogen-bond donors (Lipinski definition) is 1. The van der Waals surface area contributed by atoms with Crippen LogP contribution in [0, 0.1) is 0 Å². The molecular weight excluding hydrogens is 222 g/mol. The van der Waals surface area contributed by atoms with Gasteiger partial charge >= 0.3 is 0 Å². The molecule has 2 heteroatoms. The van der Waals surface area contributed by atoms with Gasteiger partial charge in [0.05, 0.1) is 5.60 Å². The van der Waals surface area contributed by atoms with E-state index in [0.717, 1.165) is 6.42 Å². The van der Waals surface area contributed by atoms with Gasteiger partial charge in [-0.25, -0.2) is 0 Å². The van der Waals surface area contributed by atoms with E-state index in [1.54, 1.807) is 7.11 Å². The largest absolute Gasteiger partial charge is 0.382 e. The number of nitrogens with one attached hydrogen (secondary N) is 1. The van der Waals surface area contributed by atoms with Gasteiger partial charge in [-0.1, -0.05) is 32.0 Å². The summed E-state index contributed by atoms with van der Waals surface area (Å²) in [5.41, 5.74) is 2.53. The van der Waals surface area contributed by atoms with E-state index >= 15 is 0 Å². The molecule has 0 spiro atoms. The molecule has 0 aliphatic heterocycles. The molecule has 0 saturated carbocycles. The highest BCUT2D eigenvalue weighted by molar-refractivity contribution is 5.53. The Hall–Kier alpha value is -1.02. The molecule has 0 heterocycles. The summed E-state index contributed by atoms with van der Waals surface area (Å²) in [6.07, 6.45) is 0.982. The van der Waals surface area contributed by atoms with E-state index in [1.807, 2.05) is 0 Å². The van der Waals surface area contributed by atoms with Gasteiger partial charge < -0.3 is 10.1 Å². The minimum absolute atomic E-state index is 0.0841. The highest BCUT2D eigenvalue weighted by Gasteiger charge is 2.20. The monoisotopic (exact) mass is 249 g/mol. The molecule has 0 bridgehead atoms. The highest BCUT2D eigenvalue weighted by Crippen LogP contribution is 2.26. The maximum atomic E-state index is 5.48. The summed E-state index contributed by atoms with van der Waals surface area (Å²) >= 11 is 0. The quantitative estimate of drug-likeness (QED) is 0.805. The summed E-state index contributed by atoms with van der Waals surface area (Å²) in [4.78, 5) is 0. The second kappa shape index (κ2) is 6.24. The first-order chi connectivity index (χ1) is 8.35. The van der Waals surface area contributed by atoms with Crippen LogP contribution in [0.1, 0.15) is 52.5 Å². The fourth-order valence-corrected chi connectivity index (χ4v) is 2.27. The Balaban J connectivity index is 2.73. The van der Waals surface area contributed by atoms with Crippen LogP contribution in [0.4, 0.5) is 5.69 Å². The molecule has 0 aromatic heterocycles. The predicted molar refractivity (Wildman–Crippen MR) is 79.3 cm³/mol. The van der Waals surface area contributed by atoms with Crippen molar-refractivity contribution in [3.8, 4) is 0 Å². The molecular formula is C16H27NO. The van der Waals surface area contributed by atoms with Crippen LogP contribution in [-0.2, 0) is 4.74 Å². The van der Waals surface area contributed by atoms with Gasteiger partial charge in [0, 0.05) is 18.8 Å². The number of rotatable bonds is 6. The van der Waals surface area contributed by atoms with Crippen molar-refractivity contribution in [1.29, 1.82) is 0 Å². The second-order valence-electron chi connectivity index (χ2n) is 5.96. The zero-order chi connectivity index (χ0) is 13.8. The molecule has 1 unspecified atom stereocenters. The van der Waals surface area contributed by atoms with Gasteiger partial charge in [-0.05, 0) is 44.7 Å².